The summed E-state index contributed by atoms with van der Waals surface area (Å²) >= 11 is 0. The van der Waals surface area contributed by atoms with E-state index in [2.05, 4.69) is 5.32 Å². The zero-order valence-corrected chi connectivity index (χ0v) is 34.8. The minimum Gasteiger partial charge on any atom is -0.394 e. The van der Waals surface area contributed by atoms with Crippen LogP contribution in [0.15, 0.2) is 0 Å². The molecule has 0 aromatic heterocycles. The van der Waals surface area contributed by atoms with Crippen molar-refractivity contribution in [3.63, 3.8) is 0 Å². The van der Waals surface area contributed by atoms with Gasteiger partial charge in [-0.15, -0.1) is 0 Å². The molecule has 0 radical (unpaired) electrons. The first kappa shape index (κ1) is 59.0. The Morgan fingerprint density at radius 1 is 0.367 bits per heavy atom. The van der Waals surface area contributed by atoms with Crippen LogP contribution in [0.5, 0.6) is 0 Å². The Kier molecular flexibility index (Phi) is 39.0. The maximum atomic E-state index is 10.4. The van der Waals surface area contributed by atoms with E-state index in [1.165, 1.54) is 4.90 Å². The van der Waals surface area contributed by atoms with E-state index in [9.17, 15) is 56.2 Å². The van der Waals surface area contributed by atoms with E-state index in [1.807, 2.05) is 7.05 Å². The summed E-state index contributed by atoms with van der Waals surface area (Å²) < 4.78 is 48.3. The van der Waals surface area contributed by atoms with Gasteiger partial charge in [-0.1, -0.05) is 0 Å². The Morgan fingerprint density at radius 2 is 0.667 bits per heavy atom. The Balaban J connectivity index is 4.02. The van der Waals surface area contributed by atoms with Gasteiger partial charge in [-0.3, -0.25) is 4.90 Å². The fourth-order valence-electron chi connectivity index (χ4n) is 4.83. The van der Waals surface area contributed by atoms with Crippen LogP contribution in [0.1, 0.15) is 0 Å². The molecule has 0 amide bonds. The van der Waals surface area contributed by atoms with Crippen LogP contribution in [0.25, 0.3) is 0 Å². The number of ether oxygens (including phenoxy) is 9. The van der Waals surface area contributed by atoms with E-state index in [4.69, 9.17) is 52.8 Å². The highest BCUT2D eigenvalue weighted by atomic mass is 16.6. The summed E-state index contributed by atoms with van der Waals surface area (Å²) in [6.07, 6.45) is -17.5. The number of aliphatic hydroxyl groups is 13. The van der Waals surface area contributed by atoms with E-state index in [1.54, 1.807) is 0 Å². The van der Waals surface area contributed by atoms with Gasteiger partial charge in [0.1, 0.15) is 54.9 Å². The molecule has 0 aliphatic carbocycles. The zero-order valence-electron chi connectivity index (χ0n) is 34.8. The standard InChI is InChI=1S/C36H76N2O22/c1-37-2-4-52-10-14-57-22-26(41)23-58-15-11-56-13-17-60-25-32(47)31(46)24-59-16-12-55-9-8-54-7-6-53-5-3-38(18-27(42)33(48)35(50)29(44)20-39)19-28(43)34(49)36(51)30(45)21-40/h26-37,39-51H,2-25H2,1H3/t26?,27-,28-,29+,30+,31?,32?,33+,34+,35+,36+/m0/s1. The van der Waals surface area contributed by atoms with Crippen LogP contribution in [0.4, 0.5) is 0 Å². The van der Waals surface area contributed by atoms with Crippen LogP contribution in [-0.4, -0.2) is 304 Å². The van der Waals surface area contributed by atoms with Gasteiger partial charge in [0.05, 0.1) is 144 Å². The first-order valence-electron chi connectivity index (χ1n) is 20.1. The summed E-state index contributed by atoms with van der Waals surface area (Å²) in [6, 6.07) is 0. The minimum atomic E-state index is -1.90. The third-order valence-electron chi connectivity index (χ3n) is 8.46. The van der Waals surface area contributed by atoms with Crippen molar-refractivity contribution in [2.75, 3.05) is 165 Å². The lowest BCUT2D eigenvalue weighted by atomic mass is 10.0. The predicted molar refractivity (Wildman–Crippen MR) is 208 cm³/mol. The molecule has 0 aliphatic heterocycles. The smallest absolute Gasteiger partial charge is 0.111 e. The van der Waals surface area contributed by atoms with E-state index < -0.39 is 93.4 Å². The van der Waals surface area contributed by atoms with Crippen LogP contribution in [0.3, 0.4) is 0 Å². The first-order valence-corrected chi connectivity index (χ1v) is 20.1. The molecule has 0 spiro atoms. The molecule has 0 fully saturated rings. The molecule has 3 unspecified atom stereocenters. The van der Waals surface area contributed by atoms with Gasteiger partial charge in [0.2, 0.25) is 0 Å². The van der Waals surface area contributed by atoms with Gasteiger partial charge < -0.3 is 114 Å². The minimum absolute atomic E-state index is 0.000934. The lowest BCUT2D eigenvalue weighted by Crippen LogP contribution is -2.53. The second-order valence-electron chi connectivity index (χ2n) is 13.6. The van der Waals surface area contributed by atoms with Gasteiger partial charge in [-0.2, -0.15) is 0 Å². The normalized spacial score (nSPS) is 17.9. The highest BCUT2D eigenvalue weighted by Gasteiger charge is 2.34. The van der Waals surface area contributed by atoms with Crippen molar-refractivity contribution in [2.24, 2.45) is 0 Å². The molecule has 0 aromatic rings. The van der Waals surface area contributed by atoms with Gasteiger partial charge in [0.25, 0.3) is 0 Å². The summed E-state index contributed by atoms with van der Waals surface area (Å²) in [6.45, 7) is 1.64. The SMILES string of the molecule is CNCCOCCOCC(O)COCCOCCOCC(O)C(O)COCCOCCOCCOCCN(C[C@H](O)[C@@H](O)[C@H](O)[C@H](O)CO)C[C@H](O)[C@@H](O)[C@H](O)[C@H](O)CO. The molecule has 362 valence electrons. The third kappa shape index (κ3) is 31.0. The first-order chi connectivity index (χ1) is 28.8. The molecule has 0 saturated carbocycles. The number of aliphatic hydroxyl groups excluding tert-OH is 13. The van der Waals surface area contributed by atoms with Gasteiger partial charge in [-0.25, -0.2) is 0 Å². The predicted octanol–water partition coefficient (Wildman–Crippen LogP) is -8.39. The zero-order chi connectivity index (χ0) is 45.0. The Labute approximate surface area is 351 Å². The van der Waals surface area contributed by atoms with Crippen molar-refractivity contribution in [1.29, 1.82) is 0 Å². The number of hydrogen-bond acceptors (Lipinski definition) is 24. The van der Waals surface area contributed by atoms with Crippen molar-refractivity contribution in [3.05, 3.63) is 0 Å². The summed E-state index contributed by atoms with van der Waals surface area (Å²) in [5, 5.41) is 131. The fraction of sp³-hybridized carbons (Fsp3) is 1.00. The van der Waals surface area contributed by atoms with E-state index >= 15 is 0 Å². The Hall–Kier alpha value is -0.960. The molecular weight excluding hydrogens is 812 g/mol. The molecule has 14 N–H and O–H groups in total. The molecular formula is C36H76N2O22. The van der Waals surface area contributed by atoms with Crippen LogP contribution < -0.4 is 5.32 Å². The van der Waals surface area contributed by atoms with E-state index in [-0.39, 0.29) is 106 Å². The second-order valence-corrected chi connectivity index (χ2v) is 13.6. The molecule has 0 heterocycles. The highest BCUT2D eigenvalue weighted by molar-refractivity contribution is 4.86. The van der Waals surface area contributed by atoms with Crippen LogP contribution in [0, 0.1) is 0 Å². The van der Waals surface area contributed by atoms with Crippen molar-refractivity contribution in [3.8, 4) is 0 Å². The summed E-state index contributed by atoms with van der Waals surface area (Å²) in [4.78, 5) is 1.32. The monoisotopic (exact) mass is 888 g/mol. The lowest BCUT2D eigenvalue weighted by Gasteiger charge is -2.33. The molecule has 0 rings (SSSR count). The maximum absolute atomic E-state index is 10.4. The molecule has 0 aromatic carbocycles. The van der Waals surface area contributed by atoms with E-state index in [0.717, 1.165) is 6.54 Å². The summed E-state index contributed by atoms with van der Waals surface area (Å²) in [7, 11) is 1.84. The van der Waals surface area contributed by atoms with Crippen molar-refractivity contribution < 1.29 is 109 Å². The van der Waals surface area contributed by atoms with Gasteiger partial charge in [0, 0.05) is 26.2 Å². The van der Waals surface area contributed by atoms with Crippen LogP contribution in [-0.2, 0) is 42.6 Å². The van der Waals surface area contributed by atoms with Crippen molar-refractivity contribution in [1.82, 2.24) is 10.2 Å². The van der Waals surface area contributed by atoms with Gasteiger partial charge in [-0.05, 0) is 7.05 Å². The van der Waals surface area contributed by atoms with Crippen LogP contribution >= 0.6 is 0 Å². The summed E-state index contributed by atoms with van der Waals surface area (Å²) in [5.41, 5.74) is 0. The Bertz CT molecular complexity index is 896. The number of nitrogens with one attached hydrogen (secondary N) is 1. The average Bonchev–Trinajstić information content (AvgIpc) is 3.24. The number of hydrogen-bond donors (Lipinski definition) is 14. The van der Waals surface area contributed by atoms with Crippen molar-refractivity contribution in [2.45, 2.75) is 67.1 Å². The molecule has 0 bridgehead atoms. The third-order valence-corrected chi connectivity index (χ3v) is 8.46. The van der Waals surface area contributed by atoms with Crippen molar-refractivity contribution >= 4 is 0 Å². The van der Waals surface area contributed by atoms with Gasteiger partial charge >= 0.3 is 0 Å². The molecule has 11 atom stereocenters. The second kappa shape index (κ2) is 39.6. The maximum Gasteiger partial charge on any atom is 0.111 e. The topological polar surface area (TPSA) is 361 Å². The van der Waals surface area contributed by atoms with Crippen LogP contribution in [0.2, 0.25) is 0 Å². The largest absolute Gasteiger partial charge is 0.394 e. The average molecular weight is 889 g/mol. The molecule has 0 saturated heterocycles. The molecule has 60 heavy (non-hydrogen) atoms. The Morgan fingerprint density at radius 3 is 1.02 bits per heavy atom. The molecule has 24 nitrogen and oxygen atoms in total. The fourth-order valence-corrected chi connectivity index (χ4v) is 4.83. The van der Waals surface area contributed by atoms with E-state index in [0.29, 0.717) is 19.8 Å². The van der Waals surface area contributed by atoms with Gasteiger partial charge in [0.15, 0.2) is 0 Å². The number of rotatable bonds is 45. The number of likely N-dealkylation sites (N-methyl/N-ethyl adjacent to an activating group) is 1. The lowest BCUT2D eigenvalue weighted by molar-refractivity contribution is -0.131. The summed E-state index contributed by atoms with van der Waals surface area (Å²) in [5.74, 6) is 0. The number of nitrogens with zero attached hydrogens (tertiary/aromatic N) is 1. The highest BCUT2D eigenvalue weighted by Crippen LogP contribution is 2.11. The molecule has 0 aliphatic rings. The molecule has 24 heteroatoms. The quantitative estimate of drug-likeness (QED) is 0.0253.